The van der Waals surface area contributed by atoms with E-state index in [1.54, 1.807) is 25.8 Å². The number of likely N-dealkylation sites (tertiary alicyclic amines) is 1. The largest absolute Gasteiger partial charge is 0.349 e. The van der Waals surface area contributed by atoms with Crippen LogP contribution in [0.2, 0.25) is 0 Å². The van der Waals surface area contributed by atoms with Crippen LogP contribution in [-0.4, -0.2) is 181 Å². The molecule has 0 unspecified atom stereocenters. The fourth-order valence-electron chi connectivity index (χ4n) is 14.5. The third-order valence-electron chi connectivity index (χ3n) is 21.7. The van der Waals surface area contributed by atoms with E-state index in [2.05, 4.69) is 53.0 Å². The highest BCUT2D eigenvalue weighted by atomic mass is 32.2. The number of nitrogens with one attached hydrogen (secondary N) is 9. The van der Waals surface area contributed by atoms with Crippen molar-refractivity contribution in [1.82, 2.24) is 78.0 Å². The minimum absolute atomic E-state index is 0.0645. The minimum atomic E-state index is -4.37. The molecule has 0 saturated carbocycles. The lowest BCUT2D eigenvalue weighted by Crippen LogP contribution is -2.42. The quantitative estimate of drug-likeness (QED) is 0.0243. The Hall–Kier alpha value is -11.7. The Labute approximate surface area is 752 Å². The number of anilines is 4. The molecule has 4 aromatic heterocycles. The van der Waals surface area contributed by atoms with Crippen molar-refractivity contribution in [3.8, 4) is 0 Å². The van der Waals surface area contributed by atoms with Crippen LogP contribution in [0.4, 0.5) is 55.1 Å². The number of carbonyl (C=O) groups is 8. The van der Waals surface area contributed by atoms with Gasteiger partial charge in [-0.3, -0.25) is 37.9 Å². The zero-order valence-electron chi connectivity index (χ0n) is 77.0. The van der Waals surface area contributed by atoms with Crippen LogP contribution in [0.5, 0.6) is 0 Å². The van der Waals surface area contributed by atoms with Crippen LogP contribution in [0, 0.1) is 17.5 Å². The number of nitrogens with zero attached hydrogens (tertiary/aromatic N) is 11. The van der Waals surface area contributed by atoms with Crippen LogP contribution in [0.3, 0.4) is 0 Å². The van der Waals surface area contributed by atoms with Gasteiger partial charge in [-0.25, -0.2) is 51.2 Å². The van der Waals surface area contributed by atoms with Gasteiger partial charge in [-0.1, -0.05) is 89.2 Å². The molecule has 1 fully saturated rings. The van der Waals surface area contributed by atoms with Crippen LogP contribution < -0.4 is 45.5 Å². The van der Waals surface area contributed by atoms with Crippen LogP contribution in [-0.2, 0) is 94.0 Å². The van der Waals surface area contributed by atoms with Gasteiger partial charge in [-0.05, 0) is 214 Å². The summed E-state index contributed by atoms with van der Waals surface area (Å²) in [4.78, 5) is 105. The molecule has 0 radical (unpaired) electrons. The van der Waals surface area contributed by atoms with E-state index >= 15 is 0 Å². The summed E-state index contributed by atoms with van der Waals surface area (Å²) in [7, 11) is -9.88. The van der Waals surface area contributed by atoms with Gasteiger partial charge in [0.15, 0.2) is 20.1 Å². The fraction of sp³-hybridized carbons (Fsp3) is 0.488. The molecule has 0 bridgehead atoms. The third-order valence-corrected chi connectivity index (χ3v) is 26.5. The van der Waals surface area contributed by atoms with Crippen molar-refractivity contribution in [2.45, 2.75) is 237 Å². The highest BCUT2D eigenvalue weighted by Gasteiger charge is 2.35. The number of halogens is 3. The molecular formula is C86H119F3N20O16S4. The van der Waals surface area contributed by atoms with Crippen LogP contribution in [0.15, 0.2) is 86.8 Å². The summed E-state index contributed by atoms with van der Waals surface area (Å²) < 4.78 is 157. The molecule has 704 valence electrons. The fourth-order valence-corrected chi connectivity index (χ4v) is 18.1. The van der Waals surface area contributed by atoms with Gasteiger partial charge in [0.25, 0.3) is 63.7 Å². The lowest BCUT2D eigenvalue weighted by Gasteiger charge is -2.30. The number of sulfonamides is 4. The van der Waals surface area contributed by atoms with E-state index in [0.717, 1.165) is 90.7 Å². The molecule has 0 atom stereocenters. The van der Waals surface area contributed by atoms with Gasteiger partial charge in [0.1, 0.15) is 40.2 Å². The van der Waals surface area contributed by atoms with Crippen molar-refractivity contribution in [3.63, 3.8) is 0 Å². The molecule has 2 aliphatic carbocycles. The Morgan fingerprint density at radius 1 is 0.380 bits per heavy atom. The van der Waals surface area contributed by atoms with Crippen LogP contribution in [0.1, 0.15) is 277 Å². The number of hydrogen-bond donors (Lipinski definition) is 9. The molecule has 5 heterocycles. The Morgan fingerprint density at radius 3 is 0.938 bits per heavy atom. The van der Waals surface area contributed by atoms with Crippen molar-refractivity contribution in [2.75, 3.05) is 54.5 Å². The maximum atomic E-state index is 14.1. The predicted molar refractivity (Wildman–Crippen MR) is 482 cm³/mol. The molecule has 1 aliphatic heterocycles. The summed E-state index contributed by atoms with van der Waals surface area (Å²) in [5.74, 6) is -3.50. The van der Waals surface area contributed by atoms with Crippen molar-refractivity contribution < 1.29 is 85.2 Å². The second-order valence-electron chi connectivity index (χ2n) is 34.0. The molecule has 43 heteroatoms. The highest BCUT2D eigenvalue weighted by Crippen LogP contribution is 2.41. The molecule has 12 amide bonds. The number of aromatic nitrogens is 8. The van der Waals surface area contributed by atoms with Crippen LogP contribution >= 0.6 is 0 Å². The molecule has 0 spiro atoms. The van der Waals surface area contributed by atoms with Crippen molar-refractivity contribution in [1.29, 1.82) is 0 Å². The van der Waals surface area contributed by atoms with E-state index in [1.807, 2.05) is 130 Å². The number of fused-ring (bicyclic) bond motifs is 2. The van der Waals surface area contributed by atoms with Crippen molar-refractivity contribution >= 4 is 111 Å². The Kier molecular flexibility index (Phi) is 33.6. The summed E-state index contributed by atoms with van der Waals surface area (Å²) in [6.07, 6.45) is 6.67. The smallest absolute Gasteiger partial charge is 0.333 e. The molecule has 9 N–H and O–H groups in total. The maximum Gasteiger partial charge on any atom is 0.333 e. The molecular weight excluding hydrogens is 1750 g/mol. The first-order valence-corrected chi connectivity index (χ1v) is 48.3. The average Bonchev–Trinajstić information content (AvgIpc) is 1.63. The zero-order valence-corrected chi connectivity index (χ0v) is 80.2. The van der Waals surface area contributed by atoms with Gasteiger partial charge in [-0.2, -0.15) is 54.1 Å². The SMILES string of the molecule is CC(C)NC(=O)c1cc(S(=O)(=O)NC(=O)Nc2c3c(cc4c2CCC4)CCC3)nn1C.CC(C)c1cc(F)cc(C(C)C)c1NC(=O)NS(=O)(=O)c1cc(C(=O)N(C)C(C)C)n(C)n1.CC(C)c1cc(F)cc(C(C)C)c1NC(=O)NS(=O)(=O)c1cc(C(=O)N2CCC2)n(C)n1.CCN(CC)C(=O)c1cc(S(=O)(=O)NC(=O)Nc2c(C(C)C)cc(F)cc2C(C)C)nn1C. The Morgan fingerprint density at radius 2 is 0.659 bits per heavy atom. The Balaban J connectivity index is 0.000000212. The molecule has 129 heavy (non-hydrogen) atoms. The van der Waals surface area contributed by atoms with E-state index in [4.69, 9.17) is 0 Å². The first kappa shape index (κ1) is 103. The lowest BCUT2D eigenvalue weighted by molar-refractivity contribution is 0.0639. The monoisotopic (exact) mass is 1870 g/mol. The average molecular weight is 1870 g/mol. The maximum absolute atomic E-state index is 14.1. The third kappa shape index (κ3) is 25.0. The van der Waals surface area contributed by atoms with Gasteiger partial charge in [0, 0.05) is 121 Å². The van der Waals surface area contributed by atoms with E-state index < -0.39 is 109 Å². The van der Waals surface area contributed by atoms with E-state index in [-0.39, 0.29) is 87.2 Å². The standard InChI is InChI=1S/2C22H32FN5O4S.C21H28FN5O4S.C21H27N5O4S/c1-12(2)16-9-15(23)10-17(13(3)4)20(16)24-22(30)26-33(31,32)19-11-18(28(8)25-19)21(29)27(7)14(5)6;1-8-28(9-2)21(29)18-12-19(25-27(18)7)33(31,32)26-22(30)24-20-16(13(3)4)10-15(23)11-17(20)14(5)6;1-12(2)15-9-14(22)10-16(13(3)4)19(15)23-21(29)25-32(30,31)18-11-17(26(5)24-18)20(28)27-7-6-8-27;1-12(2)22-20(27)17-11-18(24-26(17)3)31(29,30)25-21(28)23-19-15-8-4-6-13(15)10-14-7-5-9-16(14)19/h9-14H,1-8H3,(H2,24,26,30);10-14H,8-9H2,1-7H3,(H2,24,26,30);9-13H,6-8H2,1-5H3,(H2,23,25,29);10-12H,4-9H2,1-3H3,(H,22,27)(H2,23,25,28). The molecule has 4 aromatic carbocycles. The lowest BCUT2D eigenvalue weighted by atomic mass is 9.92. The number of rotatable bonds is 26. The number of urea groups is 4. The topological polar surface area (TPSA) is 462 Å². The number of aryl methyl sites for hydroxylation is 6. The van der Waals surface area contributed by atoms with E-state index in [1.165, 1.54) is 99.6 Å². The number of carbonyl (C=O) groups excluding carboxylic acids is 8. The zero-order chi connectivity index (χ0) is 96.5. The number of amides is 12. The summed E-state index contributed by atoms with van der Waals surface area (Å²) in [5.41, 5.74) is 10.2. The highest BCUT2D eigenvalue weighted by molar-refractivity contribution is 7.90. The summed E-state index contributed by atoms with van der Waals surface area (Å²) >= 11 is 0. The first-order chi connectivity index (χ1) is 60.0. The van der Waals surface area contributed by atoms with Crippen LogP contribution in [0.25, 0.3) is 0 Å². The van der Waals surface area contributed by atoms with Gasteiger partial charge in [0.2, 0.25) is 0 Å². The van der Waals surface area contributed by atoms with Gasteiger partial charge in [0.05, 0.1) is 0 Å². The number of hydrogen-bond acceptors (Lipinski definition) is 20. The molecule has 3 aliphatic rings. The summed E-state index contributed by atoms with van der Waals surface area (Å²) in [6, 6.07) is 10.7. The molecule has 8 aromatic rings. The number of benzene rings is 4. The molecule has 1 saturated heterocycles. The van der Waals surface area contributed by atoms with Gasteiger partial charge < -0.3 is 41.3 Å². The summed E-state index contributed by atoms with van der Waals surface area (Å²) in [6.45, 7) is 35.2. The van der Waals surface area contributed by atoms with Crippen molar-refractivity contribution in [2.24, 2.45) is 28.2 Å². The Bertz CT molecular complexity index is 5780. The van der Waals surface area contributed by atoms with Gasteiger partial charge >= 0.3 is 24.1 Å². The minimum Gasteiger partial charge on any atom is -0.349 e. The molecule has 11 rings (SSSR count). The first-order valence-electron chi connectivity index (χ1n) is 42.4. The van der Waals surface area contributed by atoms with Gasteiger partial charge in [-0.15, -0.1) is 0 Å². The second kappa shape index (κ2) is 42.2. The molecule has 36 nitrogen and oxygen atoms in total. The normalized spacial score (nSPS) is 13.1. The second-order valence-corrected chi connectivity index (χ2v) is 40.5. The summed E-state index contributed by atoms with van der Waals surface area (Å²) in [5, 5.41) is 27.1. The van der Waals surface area contributed by atoms with Crippen molar-refractivity contribution in [3.05, 3.63) is 163 Å². The predicted octanol–water partition coefficient (Wildman–Crippen LogP) is 12.8. The van der Waals surface area contributed by atoms with E-state index in [0.29, 0.717) is 76.6 Å². The van der Waals surface area contributed by atoms with E-state index in [9.17, 15) is 85.2 Å².